The Morgan fingerprint density at radius 1 is 1.16 bits per heavy atom. The van der Waals surface area contributed by atoms with Crippen LogP contribution < -0.4 is 5.32 Å². The Balaban J connectivity index is 1.79. The molecule has 2 aromatic rings. The maximum atomic E-state index is 13.2. The molecule has 0 aromatic heterocycles. The maximum Gasteiger partial charge on any atom is 0.405 e. The van der Waals surface area contributed by atoms with E-state index in [2.05, 4.69) is 5.16 Å². The quantitative estimate of drug-likeness (QED) is 0.496. The third-order valence-electron chi connectivity index (χ3n) is 5.73. The van der Waals surface area contributed by atoms with E-state index in [1.807, 2.05) is 6.92 Å². The van der Waals surface area contributed by atoms with E-state index in [4.69, 9.17) is 32.8 Å². The van der Waals surface area contributed by atoms with Gasteiger partial charge in [-0.2, -0.15) is 13.2 Å². The van der Waals surface area contributed by atoms with Crippen molar-refractivity contribution < 1.29 is 37.1 Å². The van der Waals surface area contributed by atoms with Crippen molar-refractivity contribution in [2.45, 2.75) is 32.0 Å². The highest BCUT2D eigenvalue weighted by Gasteiger charge is 2.37. The van der Waals surface area contributed by atoms with Crippen molar-refractivity contribution in [2.75, 3.05) is 26.8 Å². The highest BCUT2D eigenvalue weighted by Crippen LogP contribution is 2.38. The Kier molecular flexibility index (Phi) is 9.06. The minimum absolute atomic E-state index is 0.0747. The van der Waals surface area contributed by atoms with Gasteiger partial charge >= 0.3 is 6.18 Å². The van der Waals surface area contributed by atoms with Crippen LogP contribution in [0.1, 0.15) is 40.4 Å². The minimum Gasteiger partial charge on any atom is -0.384 e. The maximum absolute atomic E-state index is 13.2. The molecular formula is C25H24Cl2F3N3O5. The van der Waals surface area contributed by atoms with E-state index >= 15 is 0 Å². The van der Waals surface area contributed by atoms with Gasteiger partial charge in [0.1, 0.15) is 19.7 Å². The molecule has 0 saturated carbocycles. The SMILES string of the molecule is COCC(=O)N(CC(=O)NCC(F)(F)F)C(=O)c1ccc(C2=NOC(C)(c3cc(Cl)cc(Cl)c3)C2)cc1C. The van der Waals surface area contributed by atoms with Crippen molar-refractivity contribution >= 4 is 46.6 Å². The fraction of sp³-hybridized carbons (Fsp3) is 0.360. The molecule has 0 spiro atoms. The molecule has 1 atom stereocenters. The van der Waals surface area contributed by atoms with Crippen LogP contribution in [0.5, 0.6) is 0 Å². The molecule has 1 N–H and O–H groups in total. The standard InChI is InChI=1S/C25H24Cl2F3N3O5/c1-14-6-15(20-10-24(2,38-32-20)16-7-17(26)9-18(27)8-16)4-5-19(14)23(36)33(22(35)12-37-3)11-21(34)31-13-25(28,29)30/h4-9H,10-13H2,1-3H3,(H,31,34). The molecule has 13 heteroatoms. The summed E-state index contributed by atoms with van der Waals surface area (Å²) in [6.45, 7) is 0.407. The lowest BCUT2D eigenvalue weighted by molar-refractivity contribution is -0.142. The molecule has 1 unspecified atom stereocenters. The number of imide groups is 1. The lowest BCUT2D eigenvalue weighted by Crippen LogP contribution is -2.47. The second-order valence-corrected chi connectivity index (χ2v) is 9.71. The number of nitrogens with zero attached hydrogens (tertiary/aromatic N) is 2. The monoisotopic (exact) mass is 573 g/mol. The van der Waals surface area contributed by atoms with Gasteiger partial charge in [0.25, 0.3) is 11.8 Å². The summed E-state index contributed by atoms with van der Waals surface area (Å²) in [5, 5.41) is 6.74. The minimum atomic E-state index is -4.64. The van der Waals surface area contributed by atoms with Gasteiger partial charge in [-0.1, -0.05) is 34.4 Å². The number of ether oxygens (including phenoxy) is 1. The predicted octanol–water partition coefficient (Wildman–Crippen LogP) is 4.64. The van der Waals surface area contributed by atoms with Crippen LogP contribution in [-0.4, -0.2) is 61.3 Å². The number of hydrogen-bond acceptors (Lipinski definition) is 6. The van der Waals surface area contributed by atoms with Gasteiger partial charge in [0.15, 0.2) is 5.60 Å². The second kappa shape index (κ2) is 11.7. The molecule has 3 rings (SSSR count). The van der Waals surface area contributed by atoms with Gasteiger partial charge in [0.05, 0.1) is 5.71 Å². The Labute approximate surface area is 226 Å². The lowest BCUT2D eigenvalue weighted by Gasteiger charge is -2.22. The number of benzene rings is 2. The summed E-state index contributed by atoms with van der Waals surface area (Å²) in [7, 11) is 1.21. The van der Waals surface area contributed by atoms with Crippen LogP contribution in [0.15, 0.2) is 41.6 Å². The highest BCUT2D eigenvalue weighted by atomic mass is 35.5. The van der Waals surface area contributed by atoms with Gasteiger partial charge in [-0.25, -0.2) is 0 Å². The summed E-state index contributed by atoms with van der Waals surface area (Å²) in [5.41, 5.74) is 1.65. The van der Waals surface area contributed by atoms with E-state index < -0.39 is 49.2 Å². The Morgan fingerprint density at radius 3 is 2.39 bits per heavy atom. The predicted molar refractivity (Wildman–Crippen MR) is 134 cm³/mol. The summed E-state index contributed by atoms with van der Waals surface area (Å²) in [5.74, 6) is -2.89. The third kappa shape index (κ3) is 7.24. The molecule has 0 bridgehead atoms. The molecule has 1 aliphatic heterocycles. The third-order valence-corrected chi connectivity index (χ3v) is 6.16. The van der Waals surface area contributed by atoms with Gasteiger partial charge in [-0.15, -0.1) is 0 Å². The average Bonchev–Trinajstić information content (AvgIpc) is 3.23. The number of methoxy groups -OCH3 is 1. The zero-order chi connectivity index (χ0) is 28.3. The number of carbonyl (C=O) groups is 3. The highest BCUT2D eigenvalue weighted by molar-refractivity contribution is 6.34. The van der Waals surface area contributed by atoms with Crippen LogP contribution in [0.4, 0.5) is 13.2 Å². The largest absolute Gasteiger partial charge is 0.405 e. The number of carbonyl (C=O) groups excluding carboxylic acids is 3. The molecule has 0 radical (unpaired) electrons. The summed E-state index contributed by atoms with van der Waals surface area (Å²) < 4.78 is 42.1. The van der Waals surface area contributed by atoms with Gasteiger partial charge in [-0.3, -0.25) is 19.3 Å². The smallest absolute Gasteiger partial charge is 0.384 e. The fourth-order valence-corrected chi connectivity index (χ4v) is 4.34. The first-order chi connectivity index (χ1) is 17.7. The number of nitrogens with one attached hydrogen (secondary N) is 1. The molecular weight excluding hydrogens is 550 g/mol. The van der Waals surface area contributed by atoms with Crippen LogP contribution in [0, 0.1) is 6.92 Å². The zero-order valence-electron chi connectivity index (χ0n) is 20.6. The van der Waals surface area contributed by atoms with E-state index in [0.717, 1.165) is 5.56 Å². The van der Waals surface area contributed by atoms with Crippen molar-refractivity contribution in [1.29, 1.82) is 0 Å². The first kappa shape index (κ1) is 29.4. The van der Waals surface area contributed by atoms with Crippen LogP contribution in [0.2, 0.25) is 10.0 Å². The molecule has 2 aromatic carbocycles. The number of rotatable bonds is 8. The van der Waals surface area contributed by atoms with E-state index in [1.165, 1.54) is 13.2 Å². The number of halogens is 5. The molecule has 3 amide bonds. The van der Waals surface area contributed by atoms with Crippen LogP contribution in [-0.2, 0) is 24.8 Å². The number of oxime groups is 1. The van der Waals surface area contributed by atoms with Crippen LogP contribution in [0.3, 0.4) is 0 Å². The number of hydrogen-bond donors (Lipinski definition) is 1. The number of aryl methyl sites for hydroxylation is 1. The van der Waals surface area contributed by atoms with Crippen molar-refractivity contribution in [3.05, 3.63) is 68.7 Å². The van der Waals surface area contributed by atoms with Gasteiger partial charge in [-0.05, 0) is 55.3 Å². The Hall–Kier alpha value is -3.15. The molecule has 38 heavy (non-hydrogen) atoms. The fourth-order valence-electron chi connectivity index (χ4n) is 3.81. The van der Waals surface area contributed by atoms with Gasteiger partial charge < -0.3 is 14.9 Å². The van der Waals surface area contributed by atoms with Crippen molar-refractivity contribution in [3.8, 4) is 0 Å². The van der Waals surface area contributed by atoms with Gasteiger partial charge in [0, 0.05) is 34.7 Å². The van der Waals surface area contributed by atoms with E-state index in [-0.39, 0.29) is 5.56 Å². The molecule has 204 valence electrons. The Morgan fingerprint density at radius 2 is 1.82 bits per heavy atom. The van der Waals surface area contributed by atoms with E-state index in [0.29, 0.717) is 38.2 Å². The van der Waals surface area contributed by atoms with E-state index in [9.17, 15) is 27.6 Å². The normalized spacial score (nSPS) is 17.0. The van der Waals surface area contributed by atoms with Crippen molar-refractivity contribution in [3.63, 3.8) is 0 Å². The van der Waals surface area contributed by atoms with Gasteiger partial charge in [0.2, 0.25) is 5.91 Å². The van der Waals surface area contributed by atoms with Crippen LogP contribution >= 0.6 is 23.2 Å². The van der Waals surface area contributed by atoms with Crippen molar-refractivity contribution in [1.82, 2.24) is 10.2 Å². The number of amides is 3. The summed E-state index contributed by atoms with van der Waals surface area (Å²) in [6, 6.07) is 9.77. The summed E-state index contributed by atoms with van der Waals surface area (Å²) in [4.78, 5) is 43.9. The first-order valence-corrected chi connectivity index (χ1v) is 12.0. The molecule has 8 nitrogen and oxygen atoms in total. The first-order valence-electron chi connectivity index (χ1n) is 11.2. The topological polar surface area (TPSA) is 97.3 Å². The van der Waals surface area contributed by atoms with Crippen molar-refractivity contribution in [2.24, 2.45) is 5.16 Å². The van der Waals surface area contributed by atoms with Crippen LogP contribution in [0.25, 0.3) is 0 Å². The lowest BCUT2D eigenvalue weighted by atomic mass is 9.88. The second-order valence-electron chi connectivity index (χ2n) is 8.83. The zero-order valence-corrected chi connectivity index (χ0v) is 22.1. The molecule has 0 fully saturated rings. The Bertz CT molecular complexity index is 1270. The molecule has 0 saturated heterocycles. The summed E-state index contributed by atoms with van der Waals surface area (Å²) in [6.07, 6.45) is -4.27. The average molecular weight is 574 g/mol. The molecule has 0 aliphatic carbocycles. The molecule has 1 heterocycles. The number of alkyl halides is 3. The summed E-state index contributed by atoms with van der Waals surface area (Å²) >= 11 is 12.3. The molecule has 1 aliphatic rings. The van der Waals surface area contributed by atoms with E-state index in [1.54, 1.807) is 42.6 Å².